The van der Waals surface area contributed by atoms with E-state index in [4.69, 9.17) is 5.73 Å². The van der Waals surface area contributed by atoms with Gasteiger partial charge in [-0.2, -0.15) is 0 Å². The van der Waals surface area contributed by atoms with Crippen molar-refractivity contribution in [3.63, 3.8) is 0 Å². The van der Waals surface area contributed by atoms with Gasteiger partial charge in [-0.1, -0.05) is 30.3 Å². The van der Waals surface area contributed by atoms with Crippen molar-refractivity contribution < 1.29 is 9.59 Å². The van der Waals surface area contributed by atoms with Crippen LogP contribution in [0.4, 0.5) is 11.4 Å². The minimum absolute atomic E-state index is 0.0817. The second kappa shape index (κ2) is 7.84. The van der Waals surface area contributed by atoms with Gasteiger partial charge in [-0.3, -0.25) is 9.59 Å². The molecule has 4 aromatic rings. The van der Waals surface area contributed by atoms with E-state index in [9.17, 15) is 9.59 Å². The Morgan fingerprint density at radius 3 is 2.57 bits per heavy atom. The number of fused-ring (bicyclic) bond motifs is 1. The number of amides is 2. The normalized spacial score (nSPS) is 10.7. The fourth-order valence-electron chi connectivity index (χ4n) is 2.77. The van der Waals surface area contributed by atoms with Crippen LogP contribution in [0.25, 0.3) is 10.1 Å². The number of nitrogens with two attached hydrogens (primary N) is 1. The Kier molecular flexibility index (Phi) is 5.10. The number of benzene rings is 2. The summed E-state index contributed by atoms with van der Waals surface area (Å²) in [5.74, 6) is -0.270. The number of rotatable bonds is 5. The summed E-state index contributed by atoms with van der Waals surface area (Å²) in [6, 6.07) is 18.6. The van der Waals surface area contributed by atoms with Crippen molar-refractivity contribution in [3.05, 3.63) is 81.4 Å². The zero-order valence-electron chi connectivity index (χ0n) is 14.8. The molecule has 0 atom stereocenters. The number of carbonyl (C=O) groups excluding carboxylic acids is 2. The molecule has 5 nitrogen and oxygen atoms in total. The van der Waals surface area contributed by atoms with E-state index in [1.54, 1.807) is 18.2 Å². The quantitative estimate of drug-likeness (QED) is 0.418. The number of nitrogens with one attached hydrogen (secondary N) is 2. The van der Waals surface area contributed by atoms with Gasteiger partial charge in [0, 0.05) is 11.2 Å². The Morgan fingerprint density at radius 1 is 0.929 bits per heavy atom. The van der Waals surface area contributed by atoms with E-state index in [0.717, 1.165) is 15.6 Å². The van der Waals surface area contributed by atoms with E-state index in [2.05, 4.69) is 10.6 Å². The van der Waals surface area contributed by atoms with E-state index >= 15 is 0 Å². The van der Waals surface area contributed by atoms with Gasteiger partial charge in [0.15, 0.2) is 0 Å². The molecule has 0 fully saturated rings. The number of thiophene rings is 2. The van der Waals surface area contributed by atoms with Crippen molar-refractivity contribution in [1.29, 1.82) is 0 Å². The number of para-hydroxylation sites is 2. The molecular formula is C21H17N3O2S2. The largest absolute Gasteiger partial charge is 0.397 e. The van der Waals surface area contributed by atoms with Crippen LogP contribution < -0.4 is 16.4 Å². The number of hydrogen-bond donors (Lipinski definition) is 3. The fourth-order valence-corrected chi connectivity index (χ4v) is 4.43. The SMILES string of the molecule is Nc1ccccc1NC(=O)c1cc2ccc(CNC(=O)c3cccs3)cc2s1. The molecule has 0 spiro atoms. The second-order valence-corrected chi connectivity index (χ2v) is 8.22. The molecule has 0 aliphatic rings. The predicted octanol–water partition coefficient (Wildman–Crippen LogP) is 4.73. The van der Waals surface area contributed by atoms with Crippen LogP contribution in [0.15, 0.2) is 66.0 Å². The summed E-state index contributed by atoms with van der Waals surface area (Å²) in [5, 5.41) is 8.63. The minimum Gasteiger partial charge on any atom is -0.397 e. The van der Waals surface area contributed by atoms with Crippen LogP contribution in [-0.2, 0) is 6.54 Å². The lowest BCUT2D eigenvalue weighted by Crippen LogP contribution is -2.21. The number of hydrogen-bond acceptors (Lipinski definition) is 5. The summed E-state index contributed by atoms with van der Waals surface area (Å²) < 4.78 is 0.994. The summed E-state index contributed by atoms with van der Waals surface area (Å²) in [6.07, 6.45) is 0. The molecule has 2 aromatic heterocycles. The third-order valence-electron chi connectivity index (χ3n) is 4.22. The lowest BCUT2D eigenvalue weighted by Gasteiger charge is -2.05. The number of nitrogen functional groups attached to an aromatic ring is 1. The predicted molar refractivity (Wildman–Crippen MR) is 116 cm³/mol. The summed E-state index contributed by atoms with van der Waals surface area (Å²) in [6.45, 7) is 0.437. The van der Waals surface area contributed by atoms with Crippen molar-refractivity contribution >= 4 is 55.9 Å². The Hall–Kier alpha value is -3.16. The van der Waals surface area contributed by atoms with E-state index < -0.39 is 0 Å². The Labute approximate surface area is 169 Å². The molecule has 2 heterocycles. The molecule has 140 valence electrons. The zero-order chi connectivity index (χ0) is 19.5. The standard InChI is InChI=1S/C21H17N3O2S2/c22-15-4-1-2-5-16(15)24-21(26)19-11-14-8-7-13(10-18(14)28-19)12-23-20(25)17-6-3-9-27-17/h1-11H,12,22H2,(H,23,25)(H,24,26). The highest BCUT2D eigenvalue weighted by atomic mass is 32.1. The molecule has 0 aliphatic carbocycles. The van der Waals surface area contributed by atoms with Gasteiger partial charge in [-0.05, 0) is 46.7 Å². The van der Waals surface area contributed by atoms with Gasteiger partial charge in [-0.25, -0.2) is 0 Å². The van der Waals surface area contributed by atoms with E-state index in [-0.39, 0.29) is 11.8 Å². The number of carbonyl (C=O) groups is 2. The van der Waals surface area contributed by atoms with Crippen LogP contribution >= 0.6 is 22.7 Å². The van der Waals surface area contributed by atoms with E-state index in [1.807, 2.05) is 47.8 Å². The lowest BCUT2D eigenvalue weighted by atomic mass is 10.1. The third-order valence-corrected chi connectivity index (χ3v) is 6.18. The molecule has 0 unspecified atom stereocenters. The highest BCUT2D eigenvalue weighted by molar-refractivity contribution is 7.20. The van der Waals surface area contributed by atoms with Gasteiger partial charge in [0.05, 0.1) is 21.1 Å². The van der Waals surface area contributed by atoms with Crippen molar-refractivity contribution in [2.75, 3.05) is 11.1 Å². The Balaban J connectivity index is 1.47. The van der Waals surface area contributed by atoms with Gasteiger partial charge >= 0.3 is 0 Å². The fraction of sp³-hybridized carbons (Fsp3) is 0.0476. The van der Waals surface area contributed by atoms with Gasteiger partial charge in [0.1, 0.15) is 0 Å². The first-order chi connectivity index (χ1) is 13.6. The molecule has 2 aromatic carbocycles. The minimum atomic E-state index is -0.188. The van der Waals surface area contributed by atoms with Gasteiger partial charge in [0.25, 0.3) is 11.8 Å². The second-order valence-electron chi connectivity index (χ2n) is 6.18. The van der Waals surface area contributed by atoms with Crippen molar-refractivity contribution in [3.8, 4) is 0 Å². The van der Waals surface area contributed by atoms with Crippen molar-refractivity contribution in [1.82, 2.24) is 5.32 Å². The van der Waals surface area contributed by atoms with Crippen LogP contribution in [0.5, 0.6) is 0 Å². The molecule has 4 N–H and O–H groups in total. The topological polar surface area (TPSA) is 84.2 Å². The molecule has 0 saturated heterocycles. The number of anilines is 2. The van der Waals surface area contributed by atoms with Crippen LogP contribution in [0, 0.1) is 0 Å². The summed E-state index contributed by atoms with van der Waals surface area (Å²) in [7, 11) is 0. The van der Waals surface area contributed by atoms with E-state index in [1.165, 1.54) is 22.7 Å². The van der Waals surface area contributed by atoms with Crippen LogP contribution in [0.3, 0.4) is 0 Å². The molecule has 0 bridgehead atoms. The highest BCUT2D eigenvalue weighted by Crippen LogP contribution is 2.28. The van der Waals surface area contributed by atoms with Gasteiger partial charge in [-0.15, -0.1) is 22.7 Å². The van der Waals surface area contributed by atoms with Crippen LogP contribution in [-0.4, -0.2) is 11.8 Å². The lowest BCUT2D eigenvalue weighted by molar-refractivity contribution is 0.0954. The average Bonchev–Trinajstić information content (AvgIpc) is 3.37. The molecular weight excluding hydrogens is 390 g/mol. The summed E-state index contributed by atoms with van der Waals surface area (Å²) in [5.41, 5.74) is 8.00. The van der Waals surface area contributed by atoms with Crippen molar-refractivity contribution in [2.24, 2.45) is 0 Å². The molecule has 0 radical (unpaired) electrons. The third kappa shape index (κ3) is 3.90. The zero-order valence-corrected chi connectivity index (χ0v) is 16.4. The monoisotopic (exact) mass is 407 g/mol. The maximum absolute atomic E-state index is 12.6. The summed E-state index contributed by atoms with van der Waals surface area (Å²) in [4.78, 5) is 25.9. The molecule has 4 rings (SSSR count). The first kappa shape index (κ1) is 18.2. The molecule has 7 heteroatoms. The van der Waals surface area contributed by atoms with E-state index in [0.29, 0.717) is 27.7 Å². The smallest absolute Gasteiger partial charge is 0.265 e. The highest BCUT2D eigenvalue weighted by Gasteiger charge is 2.12. The Morgan fingerprint density at radius 2 is 1.79 bits per heavy atom. The molecule has 28 heavy (non-hydrogen) atoms. The first-order valence-electron chi connectivity index (χ1n) is 8.60. The van der Waals surface area contributed by atoms with Gasteiger partial charge < -0.3 is 16.4 Å². The van der Waals surface area contributed by atoms with Crippen LogP contribution in [0.1, 0.15) is 24.9 Å². The maximum Gasteiger partial charge on any atom is 0.265 e. The van der Waals surface area contributed by atoms with Gasteiger partial charge in [0.2, 0.25) is 0 Å². The maximum atomic E-state index is 12.6. The molecule has 0 aliphatic heterocycles. The average molecular weight is 408 g/mol. The molecule has 2 amide bonds. The van der Waals surface area contributed by atoms with Crippen LogP contribution in [0.2, 0.25) is 0 Å². The molecule has 0 saturated carbocycles. The van der Waals surface area contributed by atoms with Crippen molar-refractivity contribution in [2.45, 2.75) is 6.54 Å². The summed E-state index contributed by atoms with van der Waals surface area (Å²) >= 11 is 2.83. The Bertz CT molecular complexity index is 1150. The first-order valence-corrected chi connectivity index (χ1v) is 10.3.